The number of alkyl halides is 3. The Morgan fingerprint density at radius 1 is 1.06 bits per heavy atom. The molecule has 1 saturated carbocycles. The fourth-order valence-corrected chi connectivity index (χ4v) is 7.40. The average Bonchev–Trinajstić information content (AvgIpc) is 3.52. The number of hydrogen-bond donors (Lipinski definition) is 1. The summed E-state index contributed by atoms with van der Waals surface area (Å²) in [6, 6.07) is 6.08. The van der Waals surface area contributed by atoms with E-state index in [1.165, 1.54) is 22.6 Å². The first kappa shape index (κ1) is 36.1. The smallest absolute Gasteiger partial charge is 0.373 e. The van der Waals surface area contributed by atoms with Crippen molar-refractivity contribution >= 4 is 34.3 Å². The summed E-state index contributed by atoms with van der Waals surface area (Å²) in [6.45, 7) is 6.52. The van der Waals surface area contributed by atoms with Gasteiger partial charge >= 0.3 is 6.18 Å². The van der Waals surface area contributed by atoms with Crippen molar-refractivity contribution in [3.05, 3.63) is 83.3 Å². The van der Waals surface area contributed by atoms with Crippen molar-refractivity contribution in [1.82, 2.24) is 34.9 Å². The lowest BCUT2D eigenvalue weighted by atomic mass is 9.90. The number of ether oxygens (including phenoxy) is 1. The highest BCUT2D eigenvalue weighted by atomic mass is 19.4. The molecule has 3 aromatic heterocycles. The standard InChI is InChI=1S/C38H38F3N7O5/c1-21(49)34-26-12-23(25-16-42-22(2)43-17-25)6-8-28(26)47(46-34)18-33(51)48-29-14-37(15-32(37)48)20-44-35(52)36(3,4)10-5-11-53-19-24-7-9-31(38(39,40)41)45-27(24)13-30(29)50/h5-10,12,16-17,29,32H,11,13-15,18-20H2,1-4H3,(H,44,52)/t29-,32+,37-/m0/s1. The number of carbonyl (C=O) groups excluding carboxylic acids is 4. The Morgan fingerprint density at radius 2 is 1.81 bits per heavy atom. The molecule has 1 aliphatic carbocycles. The van der Waals surface area contributed by atoms with E-state index >= 15 is 0 Å². The Morgan fingerprint density at radius 3 is 2.53 bits per heavy atom. The van der Waals surface area contributed by atoms with E-state index in [-0.39, 0.29) is 55.8 Å². The van der Waals surface area contributed by atoms with E-state index in [0.29, 0.717) is 28.7 Å². The van der Waals surface area contributed by atoms with Crippen molar-refractivity contribution in [2.75, 3.05) is 13.2 Å². The number of Topliss-reactive ketones (excluding diaryl/α,β-unsaturated/α-hetero) is 2. The summed E-state index contributed by atoms with van der Waals surface area (Å²) in [5, 5.41) is 8.06. The number of hydrogen-bond acceptors (Lipinski definition) is 9. The number of carbonyl (C=O) groups is 4. The number of halogens is 3. The molecule has 2 amide bonds. The van der Waals surface area contributed by atoms with Crippen molar-refractivity contribution in [2.24, 2.45) is 10.8 Å². The lowest BCUT2D eigenvalue weighted by molar-refractivity contribution is -0.141. The number of aryl methyl sites for hydroxylation is 1. The van der Waals surface area contributed by atoms with Crippen LogP contribution in [0.2, 0.25) is 0 Å². The summed E-state index contributed by atoms with van der Waals surface area (Å²) in [5.74, 6) is -0.857. The number of aromatic nitrogens is 5. The van der Waals surface area contributed by atoms with E-state index in [1.807, 2.05) is 6.07 Å². The minimum absolute atomic E-state index is 0.0736. The highest BCUT2D eigenvalue weighted by Crippen LogP contribution is 2.59. The number of ketones is 2. The number of piperidine rings is 1. The summed E-state index contributed by atoms with van der Waals surface area (Å²) in [6.07, 6.45) is 2.28. The molecule has 1 N–H and O–H groups in total. The summed E-state index contributed by atoms with van der Waals surface area (Å²) in [7, 11) is 0. The number of nitrogens with zero attached hydrogens (tertiary/aromatic N) is 6. The van der Waals surface area contributed by atoms with Crippen molar-refractivity contribution in [2.45, 2.75) is 78.4 Å². The Hall–Kier alpha value is -5.31. The summed E-state index contributed by atoms with van der Waals surface area (Å²) in [4.78, 5) is 68.4. The first-order valence-corrected chi connectivity index (χ1v) is 17.3. The van der Waals surface area contributed by atoms with E-state index in [1.54, 1.807) is 57.4 Å². The second-order valence-corrected chi connectivity index (χ2v) is 14.7. The first-order chi connectivity index (χ1) is 25.1. The summed E-state index contributed by atoms with van der Waals surface area (Å²) < 4.78 is 48.4. The molecule has 2 fully saturated rings. The number of nitrogens with one attached hydrogen (secondary N) is 1. The van der Waals surface area contributed by atoms with Crippen molar-refractivity contribution in [1.29, 1.82) is 0 Å². The average molecular weight is 730 g/mol. The summed E-state index contributed by atoms with van der Waals surface area (Å²) in [5.41, 5.74) is -0.223. The van der Waals surface area contributed by atoms with Gasteiger partial charge in [-0.3, -0.25) is 23.9 Å². The molecule has 2 aliphatic heterocycles. The zero-order valence-corrected chi connectivity index (χ0v) is 29.7. The van der Waals surface area contributed by atoms with Gasteiger partial charge in [0.25, 0.3) is 0 Å². The van der Waals surface area contributed by atoms with E-state index in [2.05, 4.69) is 25.4 Å². The molecule has 1 aromatic carbocycles. The highest BCUT2D eigenvalue weighted by Gasteiger charge is 2.67. The fourth-order valence-electron chi connectivity index (χ4n) is 7.40. The SMILES string of the molecule is CC(=O)c1nn(CC(=O)N2[C@H]3C[C@@]4(CNC(=O)C(C)(C)C=CCOCc5ccc(C(F)(F)F)nc5CC3=O)C[C@@H]24)c2ccc(-c3cnc(C)nc3)cc12. The third-order valence-corrected chi connectivity index (χ3v) is 10.5. The maximum absolute atomic E-state index is 14.3. The zero-order valence-electron chi connectivity index (χ0n) is 29.7. The van der Waals surface area contributed by atoms with E-state index in [4.69, 9.17) is 4.74 Å². The van der Waals surface area contributed by atoms with Crippen LogP contribution in [-0.2, 0) is 44.9 Å². The fraction of sp³-hybridized carbons (Fsp3) is 0.421. The highest BCUT2D eigenvalue weighted by molar-refractivity contribution is 6.06. The van der Waals surface area contributed by atoms with Gasteiger partial charge in [0.1, 0.15) is 23.8 Å². The minimum Gasteiger partial charge on any atom is -0.373 e. The van der Waals surface area contributed by atoms with Crippen LogP contribution in [0.25, 0.3) is 22.0 Å². The lowest BCUT2D eigenvalue weighted by Crippen LogP contribution is -2.45. The third-order valence-electron chi connectivity index (χ3n) is 10.5. The normalized spacial score (nSPS) is 23.0. The van der Waals surface area contributed by atoms with Gasteiger partial charge in [-0.1, -0.05) is 24.3 Å². The van der Waals surface area contributed by atoms with Crippen molar-refractivity contribution in [3.63, 3.8) is 0 Å². The molecular weight excluding hydrogens is 691 g/mol. The number of amides is 2. The van der Waals surface area contributed by atoms with Gasteiger partial charge in [-0.2, -0.15) is 18.3 Å². The molecular formula is C38H38F3N7O5. The van der Waals surface area contributed by atoms with Crippen LogP contribution in [0.3, 0.4) is 0 Å². The molecule has 1 saturated heterocycles. The third kappa shape index (κ3) is 6.97. The molecule has 7 rings (SSSR count). The van der Waals surface area contributed by atoms with Gasteiger partial charge in [0, 0.05) is 48.3 Å². The first-order valence-electron chi connectivity index (χ1n) is 17.3. The van der Waals surface area contributed by atoms with Gasteiger partial charge in [0.15, 0.2) is 11.6 Å². The predicted octanol–water partition coefficient (Wildman–Crippen LogP) is 4.82. The molecule has 276 valence electrons. The molecule has 15 heteroatoms. The molecule has 53 heavy (non-hydrogen) atoms. The van der Waals surface area contributed by atoms with Crippen molar-refractivity contribution in [3.8, 4) is 11.1 Å². The van der Waals surface area contributed by atoms with Gasteiger partial charge in [-0.15, -0.1) is 0 Å². The largest absolute Gasteiger partial charge is 0.433 e. The van der Waals surface area contributed by atoms with Gasteiger partial charge < -0.3 is 15.0 Å². The Labute approximate surface area is 302 Å². The molecule has 3 atom stereocenters. The van der Waals surface area contributed by atoms with Crippen LogP contribution in [0.5, 0.6) is 0 Å². The maximum atomic E-state index is 14.3. The number of benzene rings is 1. The Bertz CT molecular complexity index is 2180. The maximum Gasteiger partial charge on any atom is 0.433 e. The van der Waals surface area contributed by atoms with Gasteiger partial charge in [-0.05, 0) is 62.9 Å². The number of rotatable bonds is 4. The second-order valence-electron chi connectivity index (χ2n) is 14.7. The molecule has 0 unspecified atom stereocenters. The van der Waals surface area contributed by atoms with Gasteiger partial charge in [-0.25, -0.2) is 15.0 Å². The van der Waals surface area contributed by atoms with Crippen LogP contribution >= 0.6 is 0 Å². The molecule has 5 heterocycles. The molecule has 12 nitrogen and oxygen atoms in total. The van der Waals surface area contributed by atoms with E-state index in [9.17, 15) is 32.3 Å². The number of likely N-dealkylation sites (tertiary alicyclic amines) is 1. The number of fused-ring (bicyclic) bond motifs is 3. The summed E-state index contributed by atoms with van der Waals surface area (Å²) >= 11 is 0. The molecule has 2 bridgehead atoms. The van der Waals surface area contributed by atoms with Crippen LogP contribution in [0, 0.1) is 17.8 Å². The van der Waals surface area contributed by atoms with Gasteiger partial charge in [0.05, 0.1) is 42.3 Å². The second kappa shape index (κ2) is 13.3. The van der Waals surface area contributed by atoms with Gasteiger partial charge in [0.2, 0.25) is 11.8 Å². The van der Waals surface area contributed by atoms with Crippen LogP contribution in [0.15, 0.2) is 54.9 Å². The van der Waals surface area contributed by atoms with Crippen LogP contribution in [-0.4, -0.2) is 78.2 Å². The number of pyridine rings is 1. The van der Waals surface area contributed by atoms with E-state index < -0.39 is 52.9 Å². The van der Waals surface area contributed by atoms with Crippen LogP contribution in [0.4, 0.5) is 13.2 Å². The molecule has 1 spiro atoms. The lowest BCUT2D eigenvalue weighted by Gasteiger charge is -2.27. The van der Waals surface area contributed by atoms with E-state index in [0.717, 1.165) is 17.2 Å². The topological polar surface area (TPSA) is 149 Å². The Balaban J connectivity index is 1.23. The quantitative estimate of drug-likeness (QED) is 0.231. The molecule has 0 radical (unpaired) electrons. The minimum atomic E-state index is -4.73. The Kier molecular flexibility index (Phi) is 9.03. The van der Waals surface area contributed by atoms with Crippen molar-refractivity contribution < 1.29 is 37.1 Å². The van der Waals surface area contributed by atoms with Crippen LogP contribution < -0.4 is 5.32 Å². The zero-order chi connectivity index (χ0) is 37.9. The molecule has 4 aromatic rings. The molecule has 3 aliphatic rings. The van der Waals surface area contributed by atoms with Crippen LogP contribution in [0.1, 0.15) is 66.9 Å². The predicted molar refractivity (Wildman–Crippen MR) is 185 cm³/mol. The monoisotopic (exact) mass is 729 g/mol.